The molecule has 0 radical (unpaired) electrons. The quantitative estimate of drug-likeness (QED) is 0.0687. The summed E-state index contributed by atoms with van der Waals surface area (Å²) in [4.78, 5) is 71.0. The fourth-order valence-electron chi connectivity index (χ4n) is 7.25. The van der Waals surface area contributed by atoms with Crippen LogP contribution in [0.25, 0.3) is 0 Å². The second-order valence-corrected chi connectivity index (χ2v) is 15.1. The number of fused-ring (bicyclic) bond motifs is 1. The maximum Gasteiger partial charge on any atom is 0.351 e. The van der Waals surface area contributed by atoms with Gasteiger partial charge in [-0.05, 0) is 30.7 Å². The number of ether oxygens (including phenoxy) is 5. The Morgan fingerprint density at radius 2 is 1.59 bits per heavy atom. The molecule has 336 valence electrons. The molecule has 2 fully saturated rings. The molecule has 0 saturated carbocycles. The van der Waals surface area contributed by atoms with Crippen LogP contribution in [-0.4, -0.2) is 184 Å². The highest BCUT2D eigenvalue weighted by Gasteiger charge is 2.53. The molecule has 61 heavy (non-hydrogen) atoms. The lowest BCUT2D eigenvalue weighted by molar-refractivity contribution is -0.840. The van der Waals surface area contributed by atoms with Crippen LogP contribution in [0.1, 0.15) is 31.7 Å². The first-order valence-corrected chi connectivity index (χ1v) is 18.4. The molecule has 5 rings (SSSR count). The Balaban J connectivity index is 1.43. The normalized spacial score (nSPS) is 33.9. The molecule has 13 N–H and O–H groups in total. The van der Waals surface area contributed by atoms with Gasteiger partial charge in [0.1, 0.15) is 79.2 Å². The van der Waals surface area contributed by atoms with E-state index in [0.717, 1.165) is 19.1 Å². The van der Waals surface area contributed by atoms with Gasteiger partial charge in [0.15, 0.2) is 30.0 Å². The van der Waals surface area contributed by atoms with Crippen LogP contribution in [0.5, 0.6) is 11.5 Å². The number of aromatic hydroxyl groups is 1. The second kappa shape index (κ2) is 18.6. The molecule has 0 bridgehead atoms. The molecular weight excluding hydrogens is 828 g/mol. The summed E-state index contributed by atoms with van der Waals surface area (Å²) in [5, 5.41) is 127. The molecule has 0 amide bonds. The highest BCUT2D eigenvalue weighted by Crippen LogP contribution is 2.38. The zero-order valence-electron chi connectivity index (χ0n) is 31.8. The van der Waals surface area contributed by atoms with E-state index in [1.807, 2.05) is 0 Å². The summed E-state index contributed by atoms with van der Waals surface area (Å²) in [6.07, 6.45) is -20.3. The molecule has 2 saturated heterocycles. The average molecular weight is 873 g/mol. The molecule has 14 atom stereocenters. The van der Waals surface area contributed by atoms with Crippen molar-refractivity contribution in [1.29, 1.82) is 0 Å². The van der Waals surface area contributed by atoms with Crippen molar-refractivity contribution >= 4 is 41.5 Å². The lowest BCUT2D eigenvalue weighted by atomic mass is 9.97. The van der Waals surface area contributed by atoms with Crippen molar-refractivity contribution in [2.75, 3.05) is 13.2 Å². The van der Waals surface area contributed by atoms with Gasteiger partial charge in [0.25, 0.3) is 0 Å². The molecule has 14 unspecified atom stereocenters. The average Bonchev–Trinajstić information content (AvgIpc) is 3.52. The Kier molecular flexibility index (Phi) is 14.2. The highest BCUT2D eigenvalue weighted by atomic mass is 16.8. The number of carbonyl (C=O) groups is 6. The summed E-state index contributed by atoms with van der Waals surface area (Å²) in [6, 6.07) is -0.353. The number of aliphatic hydroxyl groups is 6. The predicted molar refractivity (Wildman–Crippen MR) is 188 cm³/mol. The molecule has 4 aliphatic rings. The number of phenols is 1. The number of benzene rings is 1. The Bertz CT molecular complexity index is 1950. The van der Waals surface area contributed by atoms with E-state index < -0.39 is 152 Å². The maximum atomic E-state index is 12.5. The number of phenolic OH excluding ortho intramolecular Hbond substituents is 1. The minimum Gasteiger partial charge on any atom is -0.544 e. The summed E-state index contributed by atoms with van der Waals surface area (Å²) < 4.78 is 27.4. The number of hydrogen-bond acceptors (Lipinski definition) is 20. The smallest absolute Gasteiger partial charge is 0.351 e. The maximum absolute atomic E-state index is 12.5. The molecule has 1 aromatic rings. The third-order valence-corrected chi connectivity index (χ3v) is 10.3. The minimum absolute atomic E-state index is 0.156. The molecule has 4 aliphatic heterocycles. The van der Waals surface area contributed by atoms with Gasteiger partial charge in [0, 0.05) is 24.5 Å². The number of quaternary nitrogens is 1. The van der Waals surface area contributed by atoms with Crippen LogP contribution in [0, 0.1) is 0 Å². The number of carboxylic acids is 5. The number of aliphatic hydroxyl groups excluding tert-OH is 5. The van der Waals surface area contributed by atoms with E-state index in [4.69, 9.17) is 28.8 Å². The fraction of sp³-hybridized carbons (Fsp3) is 0.556. The first-order chi connectivity index (χ1) is 28.5. The molecule has 0 spiro atoms. The van der Waals surface area contributed by atoms with E-state index in [-0.39, 0.29) is 41.1 Å². The number of carbonyl (C=O) groups excluding carboxylic acids is 2. The van der Waals surface area contributed by atoms with Crippen molar-refractivity contribution in [2.45, 2.75) is 112 Å². The van der Waals surface area contributed by atoms with Crippen LogP contribution in [0.4, 0.5) is 5.69 Å². The first kappa shape index (κ1) is 46.6. The van der Waals surface area contributed by atoms with Gasteiger partial charge in [-0.2, -0.15) is 0 Å². The van der Waals surface area contributed by atoms with Crippen LogP contribution in [0.3, 0.4) is 0 Å². The first-order valence-electron chi connectivity index (χ1n) is 18.4. The summed E-state index contributed by atoms with van der Waals surface area (Å²) in [7, 11) is 0. The Hall–Kier alpha value is -5.48. The monoisotopic (exact) mass is 872 g/mol. The van der Waals surface area contributed by atoms with Gasteiger partial charge in [-0.3, -0.25) is 14.5 Å². The van der Waals surface area contributed by atoms with E-state index in [1.165, 1.54) is 12.2 Å². The summed E-state index contributed by atoms with van der Waals surface area (Å²) in [5.74, 6) is -9.89. The molecule has 1 aromatic carbocycles. The third-order valence-electron chi connectivity index (χ3n) is 10.3. The standard InChI is InChI=1S/C36H44N2O23/c1-36(56,9-21(40)41)10-22(42)57-11-20-23(43)25(45)29(61-34-27(47)24(44)26(46)28(60-34)33(54)55)35(59-20)58-19-7-13-6-17(32(52)53)38(16(13)8-18(19)39)3-2-12-4-14(30(48)49)37-15(5-12)31(50)51/h2,4,7-8,15,17,20,23-29,34-35,37,39,43-47,56H,3,5-6,9-11H2,1H3,(H,40,41)(H,48,49)(H,50,51)(H,52,53)(H,54,55). The molecular formula is C36H44N2O23. The summed E-state index contributed by atoms with van der Waals surface area (Å²) in [6.45, 7) is -0.00722. The van der Waals surface area contributed by atoms with Crippen molar-refractivity contribution < 1.29 is 119 Å². The van der Waals surface area contributed by atoms with E-state index in [0.29, 0.717) is 0 Å². The summed E-state index contributed by atoms with van der Waals surface area (Å²) >= 11 is 0. The number of allylic oxidation sites excluding steroid dienone is 1. The van der Waals surface area contributed by atoms with Gasteiger partial charge in [-0.15, -0.1) is 0 Å². The third kappa shape index (κ3) is 10.7. The van der Waals surface area contributed by atoms with E-state index in [9.17, 15) is 84.9 Å². The topological polar surface area (TPSA) is 411 Å². The number of carboxylic acid groups (broad SMARTS) is 5. The number of rotatable bonds is 16. The van der Waals surface area contributed by atoms with E-state index >= 15 is 0 Å². The molecule has 25 heteroatoms. The lowest BCUT2D eigenvalue weighted by Crippen LogP contribution is -3.11. The Morgan fingerprint density at radius 3 is 2.20 bits per heavy atom. The zero-order valence-corrected chi connectivity index (χ0v) is 31.8. The van der Waals surface area contributed by atoms with Crippen molar-refractivity contribution in [2.24, 2.45) is 0 Å². The number of aliphatic carboxylic acids is 5. The van der Waals surface area contributed by atoms with Crippen molar-refractivity contribution in [3.8, 4) is 11.5 Å². The van der Waals surface area contributed by atoms with Crippen LogP contribution in [0.15, 0.2) is 35.6 Å². The van der Waals surface area contributed by atoms with Gasteiger partial charge in [0.05, 0.1) is 18.4 Å². The molecule has 4 heterocycles. The van der Waals surface area contributed by atoms with Crippen molar-refractivity contribution in [1.82, 2.24) is 5.32 Å². The lowest BCUT2D eigenvalue weighted by Gasteiger charge is -2.45. The SMILES string of the molecule is CC(O)(CC(=O)O)CC(=O)OCC1OC(Oc2cc3c(cc2O)[NH+](CC=C2C=C(C(=O)O)NC(C(=O)O)C2)C(C(=O)[O-])C3)C(OC2OC(C(=O)O)C(O)C(O)C2O)C(O)C1O. The largest absolute Gasteiger partial charge is 0.544 e. The van der Waals surface area contributed by atoms with Gasteiger partial charge in [-0.25, -0.2) is 14.4 Å². The van der Waals surface area contributed by atoms with E-state index in [2.05, 4.69) is 5.32 Å². The molecule has 0 aliphatic carbocycles. The van der Waals surface area contributed by atoms with E-state index in [1.54, 1.807) is 0 Å². The number of hydrogen-bond donors (Lipinski definition) is 13. The highest BCUT2D eigenvalue weighted by molar-refractivity contribution is 5.89. The van der Waals surface area contributed by atoms with Crippen molar-refractivity contribution in [3.63, 3.8) is 0 Å². The van der Waals surface area contributed by atoms with Crippen LogP contribution < -0.4 is 20.1 Å². The molecule has 25 nitrogen and oxygen atoms in total. The zero-order chi connectivity index (χ0) is 45.2. The summed E-state index contributed by atoms with van der Waals surface area (Å²) in [5.41, 5.74) is -1.80. The molecule has 0 aromatic heterocycles. The Labute approximate surface area is 342 Å². The Morgan fingerprint density at radius 1 is 0.902 bits per heavy atom. The van der Waals surface area contributed by atoms with Crippen LogP contribution in [-0.2, 0) is 54.1 Å². The van der Waals surface area contributed by atoms with Crippen LogP contribution >= 0.6 is 0 Å². The minimum atomic E-state index is -2.18. The van der Waals surface area contributed by atoms with Gasteiger partial charge < -0.3 is 95.1 Å². The number of nitrogens with one attached hydrogen (secondary N) is 2. The van der Waals surface area contributed by atoms with Crippen molar-refractivity contribution in [3.05, 3.63) is 41.1 Å². The number of esters is 1. The van der Waals surface area contributed by atoms with Crippen LogP contribution in [0.2, 0.25) is 0 Å². The fourth-order valence-corrected chi connectivity index (χ4v) is 7.25. The second-order valence-electron chi connectivity index (χ2n) is 15.1. The van der Waals surface area contributed by atoms with Gasteiger partial charge in [-0.1, -0.05) is 0 Å². The predicted octanol–water partition coefficient (Wildman–Crippen LogP) is -6.81. The van der Waals surface area contributed by atoms with Gasteiger partial charge in [0.2, 0.25) is 6.29 Å². The van der Waals surface area contributed by atoms with Gasteiger partial charge >= 0.3 is 29.8 Å².